The van der Waals surface area contributed by atoms with Crippen LogP contribution in [0.3, 0.4) is 0 Å². The van der Waals surface area contributed by atoms with Crippen LogP contribution in [0.2, 0.25) is 0 Å². The fourth-order valence-corrected chi connectivity index (χ4v) is 2.04. The van der Waals surface area contributed by atoms with E-state index < -0.39 is 5.97 Å². The standard InChI is InChI=1S/C16H11N5O3/c1-23-15-7-11(9-17)5-6-14(15)24-16(22)12-3-2-4-13(8-12)21-10-18-19-20-21/h2-8,10H,1H3. The summed E-state index contributed by atoms with van der Waals surface area (Å²) >= 11 is 0. The highest BCUT2D eigenvalue weighted by atomic mass is 16.6. The molecule has 0 aliphatic heterocycles. The second kappa shape index (κ2) is 6.58. The highest BCUT2D eigenvalue weighted by Gasteiger charge is 2.14. The van der Waals surface area contributed by atoms with Crippen molar-refractivity contribution in [3.05, 3.63) is 59.9 Å². The van der Waals surface area contributed by atoms with E-state index in [4.69, 9.17) is 14.7 Å². The molecule has 3 rings (SSSR count). The van der Waals surface area contributed by atoms with E-state index in [9.17, 15) is 4.79 Å². The van der Waals surface area contributed by atoms with Gasteiger partial charge in [-0.2, -0.15) is 5.26 Å². The maximum absolute atomic E-state index is 12.4. The smallest absolute Gasteiger partial charge is 0.343 e. The second-order valence-corrected chi connectivity index (χ2v) is 4.67. The number of rotatable bonds is 4. The molecule has 0 amide bonds. The molecule has 0 atom stereocenters. The number of hydrogen-bond acceptors (Lipinski definition) is 7. The molecule has 0 spiro atoms. The number of tetrazole rings is 1. The van der Waals surface area contributed by atoms with Gasteiger partial charge in [0.15, 0.2) is 11.5 Å². The van der Waals surface area contributed by atoms with Crippen LogP contribution in [0.15, 0.2) is 48.8 Å². The van der Waals surface area contributed by atoms with Gasteiger partial charge >= 0.3 is 5.97 Å². The van der Waals surface area contributed by atoms with Gasteiger partial charge in [0.1, 0.15) is 6.33 Å². The van der Waals surface area contributed by atoms with E-state index in [2.05, 4.69) is 15.5 Å². The molecule has 8 heteroatoms. The zero-order valence-electron chi connectivity index (χ0n) is 12.6. The lowest BCUT2D eigenvalue weighted by Gasteiger charge is -2.10. The lowest BCUT2D eigenvalue weighted by atomic mass is 10.2. The Labute approximate surface area is 136 Å². The Morgan fingerprint density at radius 3 is 2.79 bits per heavy atom. The predicted molar refractivity (Wildman–Crippen MR) is 81.8 cm³/mol. The third-order valence-electron chi connectivity index (χ3n) is 3.19. The SMILES string of the molecule is COc1cc(C#N)ccc1OC(=O)c1cccc(-n2cnnn2)c1. The van der Waals surface area contributed by atoms with Gasteiger partial charge in [-0.05, 0) is 40.8 Å². The third kappa shape index (κ3) is 3.05. The van der Waals surface area contributed by atoms with Crippen molar-refractivity contribution in [3.8, 4) is 23.3 Å². The molecule has 1 aromatic heterocycles. The van der Waals surface area contributed by atoms with Crippen LogP contribution in [-0.2, 0) is 0 Å². The lowest BCUT2D eigenvalue weighted by molar-refractivity contribution is 0.0729. The number of ether oxygens (including phenoxy) is 2. The Morgan fingerprint density at radius 1 is 1.21 bits per heavy atom. The quantitative estimate of drug-likeness (QED) is 0.533. The highest BCUT2D eigenvalue weighted by Crippen LogP contribution is 2.28. The summed E-state index contributed by atoms with van der Waals surface area (Å²) in [7, 11) is 1.44. The topological polar surface area (TPSA) is 103 Å². The van der Waals surface area contributed by atoms with Crippen LogP contribution >= 0.6 is 0 Å². The van der Waals surface area contributed by atoms with Crippen molar-refractivity contribution in [1.82, 2.24) is 20.2 Å². The summed E-state index contributed by atoms with van der Waals surface area (Å²) in [6.45, 7) is 0. The number of benzene rings is 2. The zero-order chi connectivity index (χ0) is 16.9. The van der Waals surface area contributed by atoms with Gasteiger partial charge in [-0.15, -0.1) is 5.10 Å². The maximum atomic E-state index is 12.4. The molecular weight excluding hydrogens is 310 g/mol. The minimum atomic E-state index is -0.562. The molecule has 3 aromatic rings. The Kier molecular flexibility index (Phi) is 4.16. The lowest BCUT2D eigenvalue weighted by Crippen LogP contribution is -2.10. The first-order valence-corrected chi connectivity index (χ1v) is 6.85. The van der Waals surface area contributed by atoms with Gasteiger partial charge in [0.2, 0.25) is 0 Å². The molecule has 8 nitrogen and oxygen atoms in total. The summed E-state index contributed by atoms with van der Waals surface area (Å²) in [5.41, 5.74) is 1.36. The van der Waals surface area contributed by atoms with Crippen molar-refractivity contribution in [2.45, 2.75) is 0 Å². The minimum Gasteiger partial charge on any atom is -0.493 e. The Bertz CT molecular complexity index is 916. The first-order chi connectivity index (χ1) is 11.7. The summed E-state index contributed by atoms with van der Waals surface area (Å²) in [6, 6.07) is 13.2. The zero-order valence-corrected chi connectivity index (χ0v) is 12.6. The van der Waals surface area contributed by atoms with Gasteiger partial charge in [0.05, 0.1) is 30.0 Å². The van der Waals surface area contributed by atoms with Crippen molar-refractivity contribution in [1.29, 1.82) is 5.26 Å². The number of aromatic nitrogens is 4. The van der Waals surface area contributed by atoms with E-state index in [1.54, 1.807) is 30.3 Å². The number of hydrogen-bond donors (Lipinski definition) is 0. The van der Waals surface area contributed by atoms with E-state index in [-0.39, 0.29) is 5.75 Å². The van der Waals surface area contributed by atoms with E-state index >= 15 is 0 Å². The Hall–Kier alpha value is -3.73. The summed E-state index contributed by atoms with van der Waals surface area (Å²) in [5.74, 6) is -0.0266. The van der Waals surface area contributed by atoms with Crippen molar-refractivity contribution < 1.29 is 14.3 Å². The van der Waals surface area contributed by atoms with Crippen molar-refractivity contribution >= 4 is 5.97 Å². The molecule has 0 unspecified atom stereocenters. The minimum absolute atomic E-state index is 0.231. The number of carbonyl (C=O) groups is 1. The van der Waals surface area contributed by atoms with Crippen LogP contribution in [0.25, 0.3) is 5.69 Å². The van der Waals surface area contributed by atoms with Gasteiger partial charge in [0.25, 0.3) is 0 Å². The largest absolute Gasteiger partial charge is 0.493 e. The molecular formula is C16H11N5O3. The number of methoxy groups -OCH3 is 1. The number of carbonyl (C=O) groups excluding carboxylic acids is 1. The Morgan fingerprint density at radius 2 is 2.08 bits per heavy atom. The first kappa shape index (κ1) is 15.2. The molecule has 0 saturated heterocycles. The fourth-order valence-electron chi connectivity index (χ4n) is 2.04. The van der Waals surface area contributed by atoms with Crippen LogP contribution in [-0.4, -0.2) is 33.3 Å². The van der Waals surface area contributed by atoms with Crippen LogP contribution < -0.4 is 9.47 Å². The molecule has 0 bridgehead atoms. The molecule has 1 heterocycles. The van der Waals surface area contributed by atoms with Crippen LogP contribution in [0.4, 0.5) is 0 Å². The van der Waals surface area contributed by atoms with E-state index in [1.165, 1.54) is 30.3 Å². The summed E-state index contributed by atoms with van der Waals surface area (Å²) in [4.78, 5) is 12.4. The number of esters is 1. The van der Waals surface area contributed by atoms with Crippen LogP contribution in [0.5, 0.6) is 11.5 Å². The Balaban J connectivity index is 1.86. The molecule has 24 heavy (non-hydrogen) atoms. The predicted octanol–water partition coefficient (Wildman–Crippen LogP) is 1.76. The van der Waals surface area contributed by atoms with Gasteiger partial charge in [-0.1, -0.05) is 6.07 Å². The summed E-state index contributed by atoms with van der Waals surface area (Å²) in [6.07, 6.45) is 1.42. The average molecular weight is 321 g/mol. The average Bonchev–Trinajstić information content (AvgIpc) is 3.17. The van der Waals surface area contributed by atoms with Gasteiger partial charge in [0, 0.05) is 6.07 Å². The van der Waals surface area contributed by atoms with Crippen molar-refractivity contribution in [2.75, 3.05) is 7.11 Å². The number of nitrogens with zero attached hydrogens (tertiary/aromatic N) is 5. The highest BCUT2D eigenvalue weighted by molar-refractivity contribution is 5.92. The molecule has 0 radical (unpaired) electrons. The van der Waals surface area contributed by atoms with E-state index in [0.717, 1.165) is 0 Å². The molecule has 0 aliphatic rings. The molecule has 0 N–H and O–H groups in total. The van der Waals surface area contributed by atoms with Crippen molar-refractivity contribution in [2.24, 2.45) is 0 Å². The van der Waals surface area contributed by atoms with E-state index in [1.807, 2.05) is 6.07 Å². The van der Waals surface area contributed by atoms with Crippen LogP contribution in [0, 0.1) is 11.3 Å². The number of nitriles is 1. The fraction of sp³-hybridized carbons (Fsp3) is 0.0625. The van der Waals surface area contributed by atoms with Gasteiger partial charge in [-0.25, -0.2) is 9.48 Å². The summed E-state index contributed by atoms with van der Waals surface area (Å²) < 4.78 is 11.9. The van der Waals surface area contributed by atoms with Crippen LogP contribution in [0.1, 0.15) is 15.9 Å². The first-order valence-electron chi connectivity index (χ1n) is 6.85. The van der Waals surface area contributed by atoms with E-state index in [0.29, 0.717) is 22.6 Å². The molecule has 118 valence electrons. The second-order valence-electron chi connectivity index (χ2n) is 4.67. The van der Waals surface area contributed by atoms with Crippen molar-refractivity contribution in [3.63, 3.8) is 0 Å². The monoisotopic (exact) mass is 321 g/mol. The molecule has 2 aromatic carbocycles. The maximum Gasteiger partial charge on any atom is 0.343 e. The normalized spacial score (nSPS) is 10.0. The molecule has 0 saturated carbocycles. The van der Waals surface area contributed by atoms with Gasteiger partial charge in [-0.3, -0.25) is 0 Å². The van der Waals surface area contributed by atoms with Gasteiger partial charge < -0.3 is 9.47 Å². The summed E-state index contributed by atoms with van der Waals surface area (Å²) in [5, 5.41) is 19.8. The third-order valence-corrected chi connectivity index (χ3v) is 3.19. The molecule has 0 fully saturated rings. The molecule has 0 aliphatic carbocycles.